The molecule has 0 aliphatic carbocycles. The molecule has 0 saturated heterocycles. The van der Waals surface area contributed by atoms with E-state index < -0.39 is 16.1 Å². The van der Waals surface area contributed by atoms with E-state index in [4.69, 9.17) is 0 Å². The van der Waals surface area contributed by atoms with Crippen molar-refractivity contribution in [3.63, 3.8) is 0 Å². The van der Waals surface area contributed by atoms with Crippen LogP contribution in [0, 0.1) is 20.8 Å². The summed E-state index contributed by atoms with van der Waals surface area (Å²) < 4.78 is 26.5. The van der Waals surface area contributed by atoms with E-state index in [-0.39, 0.29) is 24.8 Å². The average Bonchev–Trinajstić information content (AvgIpc) is 2.79. The van der Waals surface area contributed by atoms with Crippen LogP contribution in [0.2, 0.25) is 0 Å². The van der Waals surface area contributed by atoms with Crippen molar-refractivity contribution in [2.45, 2.75) is 72.9 Å². The monoisotopic (exact) mass is 515 g/mol. The Morgan fingerprint density at radius 3 is 2.19 bits per heavy atom. The van der Waals surface area contributed by atoms with Crippen molar-refractivity contribution < 1.29 is 18.0 Å². The van der Waals surface area contributed by atoms with Crippen LogP contribution in [-0.4, -0.2) is 50.5 Å². The summed E-state index contributed by atoms with van der Waals surface area (Å²) in [5.41, 5.74) is 4.59. The molecule has 0 aromatic heterocycles. The summed E-state index contributed by atoms with van der Waals surface area (Å²) in [7, 11) is -3.52. The normalized spacial score (nSPS) is 12.2. The van der Waals surface area contributed by atoms with E-state index >= 15 is 0 Å². The van der Waals surface area contributed by atoms with Gasteiger partial charge in [-0.25, -0.2) is 8.42 Å². The van der Waals surface area contributed by atoms with Crippen LogP contribution in [0.1, 0.15) is 61.8 Å². The number of benzene rings is 2. The molecule has 1 N–H and O–H groups in total. The minimum atomic E-state index is -3.52. The summed E-state index contributed by atoms with van der Waals surface area (Å²) in [6, 6.07) is 12.9. The van der Waals surface area contributed by atoms with Gasteiger partial charge in [-0.3, -0.25) is 13.9 Å². The van der Waals surface area contributed by atoms with Crippen LogP contribution in [0.3, 0.4) is 0 Å². The maximum absolute atomic E-state index is 13.5. The van der Waals surface area contributed by atoms with Gasteiger partial charge in [0.15, 0.2) is 0 Å². The lowest BCUT2D eigenvalue weighted by molar-refractivity contribution is -0.141. The first kappa shape index (κ1) is 29.4. The fraction of sp³-hybridized carbons (Fsp3) is 0.500. The maximum Gasteiger partial charge on any atom is 0.242 e. The predicted molar refractivity (Wildman–Crippen MR) is 146 cm³/mol. The molecule has 0 radical (unpaired) electrons. The van der Waals surface area contributed by atoms with E-state index in [1.54, 1.807) is 4.90 Å². The molecule has 0 unspecified atom stereocenters. The van der Waals surface area contributed by atoms with Crippen molar-refractivity contribution in [1.82, 2.24) is 10.2 Å². The lowest BCUT2D eigenvalue weighted by Crippen LogP contribution is -2.49. The lowest BCUT2D eigenvalue weighted by atomic mass is 10.1. The third-order valence-corrected chi connectivity index (χ3v) is 7.38. The predicted octanol–water partition coefficient (Wildman–Crippen LogP) is 4.49. The molecule has 2 rings (SSSR count). The maximum atomic E-state index is 13.5. The summed E-state index contributed by atoms with van der Waals surface area (Å²) in [5, 5.41) is 2.92. The molecule has 0 aliphatic heterocycles. The minimum Gasteiger partial charge on any atom is -0.354 e. The number of rotatable bonds is 13. The third kappa shape index (κ3) is 8.36. The number of hydrogen-bond donors (Lipinski definition) is 1. The largest absolute Gasteiger partial charge is 0.354 e. The first-order valence-electron chi connectivity index (χ1n) is 12.7. The van der Waals surface area contributed by atoms with Gasteiger partial charge in [0.1, 0.15) is 6.04 Å². The number of carbonyl (C=O) groups excluding carboxylic acids is 2. The van der Waals surface area contributed by atoms with Crippen LogP contribution in [0.4, 0.5) is 5.69 Å². The fourth-order valence-corrected chi connectivity index (χ4v) is 5.30. The number of hydrogen-bond acceptors (Lipinski definition) is 4. The zero-order valence-corrected chi connectivity index (χ0v) is 23.3. The van der Waals surface area contributed by atoms with Gasteiger partial charge < -0.3 is 10.2 Å². The summed E-state index contributed by atoms with van der Waals surface area (Å²) in [5.74, 6) is -0.320. The topological polar surface area (TPSA) is 86.8 Å². The second-order valence-corrected chi connectivity index (χ2v) is 11.4. The zero-order chi connectivity index (χ0) is 26.9. The highest BCUT2D eigenvalue weighted by molar-refractivity contribution is 7.92. The van der Waals surface area contributed by atoms with Gasteiger partial charge in [0.25, 0.3) is 0 Å². The molecule has 0 bridgehead atoms. The van der Waals surface area contributed by atoms with Gasteiger partial charge in [-0.2, -0.15) is 0 Å². The zero-order valence-electron chi connectivity index (χ0n) is 22.5. The molecule has 0 fully saturated rings. The van der Waals surface area contributed by atoms with Gasteiger partial charge in [0, 0.05) is 26.1 Å². The van der Waals surface area contributed by atoms with E-state index in [1.807, 2.05) is 77.1 Å². The van der Waals surface area contributed by atoms with Gasteiger partial charge in [0.05, 0.1) is 11.9 Å². The van der Waals surface area contributed by atoms with Crippen molar-refractivity contribution >= 4 is 27.5 Å². The molecule has 8 heteroatoms. The molecular weight excluding hydrogens is 474 g/mol. The highest BCUT2D eigenvalue weighted by atomic mass is 32.2. The Hall–Kier alpha value is -2.87. The van der Waals surface area contributed by atoms with Gasteiger partial charge in [-0.05, 0) is 74.4 Å². The molecule has 0 saturated carbocycles. The minimum absolute atomic E-state index is 0.139. The lowest BCUT2D eigenvalue weighted by Gasteiger charge is -2.31. The number of aryl methyl sites for hydroxylation is 3. The number of anilines is 1. The van der Waals surface area contributed by atoms with Crippen molar-refractivity contribution in [1.29, 1.82) is 0 Å². The van der Waals surface area contributed by atoms with Gasteiger partial charge in [-0.1, -0.05) is 44.2 Å². The van der Waals surface area contributed by atoms with Crippen molar-refractivity contribution in [3.05, 3.63) is 64.7 Å². The summed E-state index contributed by atoms with van der Waals surface area (Å²) in [6.45, 7) is 10.8. The number of carbonyl (C=O) groups is 2. The first-order chi connectivity index (χ1) is 17.0. The summed E-state index contributed by atoms with van der Waals surface area (Å²) in [6.07, 6.45) is 2.97. The molecule has 0 aliphatic rings. The molecular formula is C28H41N3O4S. The SMILES string of the molecule is CCCNC(=O)[C@H](CC)N(Cc1ccccc1C)C(=O)CCCN(c1cc(C)cc(C)c1)S(C)(=O)=O. The van der Waals surface area contributed by atoms with Crippen LogP contribution in [-0.2, 0) is 26.2 Å². The van der Waals surface area contributed by atoms with Crippen molar-refractivity contribution in [3.8, 4) is 0 Å². The number of sulfonamides is 1. The smallest absolute Gasteiger partial charge is 0.242 e. The van der Waals surface area contributed by atoms with E-state index in [2.05, 4.69) is 5.32 Å². The Labute approximate surface area is 216 Å². The Kier molecular flexibility index (Phi) is 11.0. The van der Waals surface area contributed by atoms with E-state index in [1.165, 1.54) is 10.6 Å². The number of amides is 2. The standard InChI is InChI=1S/C28H41N3O4S/c1-7-15-29-28(33)26(8-2)30(20-24-13-10-9-12-23(24)5)27(32)14-11-16-31(36(6,34)35)25-18-21(3)17-22(4)19-25/h9-10,12-13,17-19,26H,7-8,11,14-16,20H2,1-6H3,(H,29,33)/t26-/m0/s1. The van der Waals surface area contributed by atoms with E-state index in [0.29, 0.717) is 31.6 Å². The van der Waals surface area contributed by atoms with Crippen LogP contribution in [0.15, 0.2) is 42.5 Å². The quantitative estimate of drug-likeness (QED) is 0.426. The Morgan fingerprint density at radius 2 is 1.64 bits per heavy atom. The van der Waals surface area contributed by atoms with Gasteiger partial charge in [-0.15, -0.1) is 0 Å². The molecule has 1 atom stereocenters. The first-order valence-corrected chi connectivity index (χ1v) is 14.5. The molecule has 7 nitrogen and oxygen atoms in total. The molecule has 0 spiro atoms. The Balaban J connectivity index is 2.24. The fourth-order valence-electron chi connectivity index (χ4n) is 4.36. The second-order valence-electron chi connectivity index (χ2n) is 9.45. The van der Waals surface area contributed by atoms with E-state index in [9.17, 15) is 18.0 Å². The van der Waals surface area contributed by atoms with E-state index in [0.717, 1.165) is 28.7 Å². The number of nitrogens with zero attached hydrogens (tertiary/aromatic N) is 2. The van der Waals surface area contributed by atoms with Crippen LogP contribution in [0.25, 0.3) is 0 Å². The highest BCUT2D eigenvalue weighted by Gasteiger charge is 2.29. The van der Waals surface area contributed by atoms with Crippen LogP contribution in [0.5, 0.6) is 0 Å². The second kappa shape index (κ2) is 13.4. The average molecular weight is 516 g/mol. The van der Waals surface area contributed by atoms with Crippen molar-refractivity contribution in [2.75, 3.05) is 23.7 Å². The summed E-state index contributed by atoms with van der Waals surface area (Å²) in [4.78, 5) is 28.1. The van der Waals surface area contributed by atoms with Crippen molar-refractivity contribution in [2.24, 2.45) is 0 Å². The Morgan fingerprint density at radius 1 is 1.00 bits per heavy atom. The third-order valence-electron chi connectivity index (χ3n) is 6.18. The molecule has 0 heterocycles. The molecule has 2 aromatic carbocycles. The van der Waals surface area contributed by atoms with Crippen LogP contribution < -0.4 is 9.62 Å². The highest BCUT2D eigenvalue weighted by Crippen LogP contribution is 2.23. The Bertz CT molecular complexity index is 1130. The molecule has 36 heavy (non-hydrogen) atoms. The van der Waals surface area contributed by atoms with Gasteiger partial charge in [0.2, 0.25) is 21.8 Å². The molecule has 2 aromatic rings. The molecule has 2 amide bonds. The number of nitrogens with one attached hydrogen (secondary N) is 1. The molecule has 198 valence electrons. The van der Waals surface area contributed by atoms with Crippen LogP contribution >= 0.6 is 0 Å². The summed E-state index contributed by atoms with van der Waals surface area (Å²) >= 11 is 0. The van der Waals surface area contributed by atoms with Gasteiger partial charge >= 0.3 is 0 Å².